The second-order valence-corrected chi connectivity index (χ2v) is 5.99. The molecule has 8 nitrogen and oxygen atoms in total. The van der Waals surface area contributed by atoms with Crippen LogP contribution < -0.4 is 10.1 Å². The zero-order valence-electron chi connectivity index (χ0n) is 14.9. The van der Waals surface area contributed by atoms with E-state index in [0.29, 0.717) is 18.1 Å². The summed E-state index contributed by atoms with van der Waals surface area (Å²) >= 11 is 0. The third kappa shape index (κ3) is 4.12. The molecule has 1 amide bonds. The monoisotopic (exact) mass is 378 g/mol. The predicted octanol–water partition coefficient (Wildman–Crippen LogP) is 3.98. The second kappa shape index (κ2) is 8.26. The molecule has 0 fully saturated rings. The first kappa shape index (κ1) is 17.6. The number of aryl methyl sites for hydroxylation is 1. The molecule has 0 bridgehead atoms. The Balaban J connectivity index is 1.24. The van der Waals surface area contributed by atoms with Crippen molar-refractivity contribution < 1.29 is 18.5 Å². The molecule has 4 rings (SSSR count). The maximum atomic E-state index is 11.9. The van der Waals surface area contributed by atoms with Gasteiger partial charge in [-0.1, -0.05) is 30.3 Å². The zero-order valence-corrected chi connectivity index (χ0v) is 14.9. The maximum Gasteiger partial charge on any atom is 0.414 e. The van der Waals surface area contributed by atoms with E-state index in [-0.39, 0.29) is 5.88 Å². The molecule has 0 spiro atoms. The van der Waals surface area contributed by atoms with Gasteiger partial charge in [-0.05, 0) is 23.7 Å². The fourth-order valence-electron chi connectivity index (χ4n) is 2.75. The molecule has 0 atom stereocenters. The van der Waals surface area contributed by atoms with Crippen molar-refractivity contribution in [3.05, 3.63) is 67.2 Å². The van der Waals surface area contributed by atoms with Crippen molar-refractivity contribution in [1.82, 2.24) is 20.0 Å². The Bertz CT molecular complexity index is 1020. The molecule has 0 aliphatic carbocycles. The van der Waals surface area contributed by atoms with E-state index >= 15 is 0 Å². The van der Waals surface area contributed by atoms with Gasteiger partial charge in [-0.2, -0.15) is 0 Å². The molecule has 0 unspecified atom stereocenters. The molecule has 28 heavy (non-hydrogen) atoms. The summed E-state index contributed by atoms with van der Waals surface area (Å²) in [5, 5.41) is 6.39. The highest BCUT2D eigenvalue weighted by Crippen LogP contribution is 2.23. The van der Waals surface area contributed by atoms with Crippen molar-refractivity contribution >= 4 is 6.09 Å². The van der Waals surface area contributed by atoms with Crippen LogP contribution in [0.5, 0.6) is 5.88 Å². The number of amides is 1. The summed E-state index contributed by atoms with van der Waals surface area (Å²) in [5.74, 6) is 1.87. The van der Waals surface area contributed by atoms with Crippen molar-refractivity contribution in [2.45, 2.75) is 13.0 Å². The summed E-state index contributed by atoms with van der Waals surface area (Å²) in [6, 6.07) is 14.9. The highest BCUT2D eigenvalue weighted by Gasteiger charge is 2.13. The van der Waals surface area contributed by atoms with Crippen LogP contribution in [0, 0.1) is 0 Å². The molecule has 3 heterocycles. The summed E-state index contributed by atoms with van der Waals surface area (Å²) in [7, 11) is 0. The molecule has 4 aromatic rings. The number of carbonyl (C=O) groups excluding carboxylic acids is 1. The van der Waals surface area contributed by atoms with Gasteiger partial charge in [0.15, 0.2) is 5.76 Å². The number of nitrogens with zero attached hydrogens (tertiary/aromatic N) is 3. The van der Waals surface area contributed by atoms with Gasteiger partial charge in [0, 0.05) is 31.0 Å². The molecule has 1 N–H and O–H groups in total. The third-order valence-electron chi connectivity index (χ3n) is 4.04. The number of benzene rings is 1. The largest absolute Gasteiger partial charge is 0.461 e. The number of rotatable bonds is 7. The smallest absolute Gasteiger partial charge is 0.414 e. The lowest BCUT2D eigenvalue weighted by molar-refractivity contribution is 0.195. The Kier molecular flexibility index (Phi) is 5.19. The summed E-state index contributed by atoms with van der Waals surface area (Å²) in [5.41, 5.74) is 1.05. The zero-order chi connectivity index (χ0) is 19.2. The van der Waals surface area contributed by atoms with Crippen LogP contribution in [0.15, 0.2) is 76.1 Å². The second-order valence-electron chi connectivity index (χ2n) is 5.99. The third-order valence-corrected chi connectivity index (χ3v) is 4.04. The van der Waals surface area contributed by atoms with Crippen LogP contribution in [-0.2, 0) is 6.54 Å². The maximum absolute atomic E-state index is 11.9. The summed E-state index contributed by atoms with van der Waals surface area (Å²) < 4.78 is 17.4. The molecule has 0 saturated heterocycles. The van der Waals surface area contributed by atoms with Crippen LogP contribution >= 0.6 is 0 Å². The van der Waals surface area contributed by atoms with Crippen LogP contribution in [0.2, 0.25) is 0 Å². The topological polar surface area (TPSA) is 95.3 Å². The summed E-state index contributed by atoms with van der Waals surface area (Å²) in [4.78, 5) is 16.3. The van der Waals surface area contributed by atoms with Gasteiger partial charge in [0.2, 0.25) is 5.76 Å². The number of aromatic nitrogens is 3. The lowest BCUT2D eigenvalue weighted by Crippen LogP contribution is -2.28. The van der Waals surface area contributed by atoms with E-state index in [1.165, 1.54) is 12.3 Å². The first-order valence-electron chi connectivity index (χ1n) is 8.82. The molecule has 142 valence electrons. The lowest BCUT2D eigenvalue weighted by Gasteiger charge is -2.08. The average Bonchev–Trinajstić information content (AvgIpc) is 3.47. The molecule has 0 saturated carbocycles. The minimum atomic E-state index is -0.590. The highest BCUT2D eigenvalue weighted by molar-refractivity contribution is 5.70. The Morgan fingerprint density at radius 3 is 2.86 bits per heavy atom. The summed E-state index contributed by atoms with van der Waals surface area (Å²) in [6.07, 6.45) is 5.35. The van der Waals surface area contributed by atoms with Crippen molar-refractivity contribution in [3.63, 3.8) is 0 Å². The van der Waals surface area contributed by atoms with E-state index in [2.05, 4.69) is 20.0 Å². The first-order valence-corrected chi connectivity index (χ1v) is 8.82. The Morgan fingerprint density at radius 1 is 1.14 bits per heavy atom. The van der Waals surface area contributed by atoms with Crippen LogP contribution in [0.1, 0.15) is 6.42 Å². The molecule has 8 heteroatoms. The first-order chi connectivity index (χ1) is 13.8. The minimum Gasteiger partial charge on any atom is -0.461 e. The van der Waals surface area contributed by atoms with Gasteiger partial charge < -0.3 is 23.6 Å². The van der Waals surface area contributed by atoms with Gasteiger partial charge in [0.05, 0.1) is 12.3 Å². The highest BCUT2D eigenvalue weighted by atomic mass is 16.6. The van der Waals surface area contributed by atoms with Crippen LogP contribution in [0.3, 0.4) is 0 Å². The van der Waals surface area contributed by atoms with E-state index in [0.717, 1.165) is 24.4 Å². The number of hydrogen-bond acceptors (Lipinski definition) is 6. The van der Waals surface area contributed by atoms with Gasteiger partial charge in [-0.3, -0.25) is 0 Å². The minimum absolute atomic E-state index is 0.0740. The van der Waals surface area contributed by atoms with E-state index in [4.69, 9.17) is 13.7 Å². The van der Waals surface area contributed by atoms with Crippen molar-refractivity contribution in [2.24, 2.45) is 0 Å². The molecule has 0 aliphatic rings. The number of carbonyl (C=O) groups is 1. The molecular formula is C20H18N4O4. The normalized spacial score (nSPS) is 10.7. The molecule has 3 aromatic heterocycles. The molecule has 0 radical (unpaired) electrons. The van der Waals surface area contributed by atoms with Gasteiger partial charge in [0.1, 0.15) is 5.82 Å². The van der Waals surface area contributed by atoms with Crippen LogP contribution in [0.25, 0.3) is 22.9 Å². The average molecular weight is 378 g/mol. The Hall–Kier alpha value is -3.81. The van der Waals surface area contributed by atoms with E-state index < -0.39 is 6.09 Å². The lowest BCUT2D eigenvalue weighted by atomic mass is 10.2. The van der Waals surface area contributed by atoms with Crippen molar-refractivity contribution in [2.75, 3.05) is 6.54 Å². The number of furan rings is 1. The standard InChI is InChI=1S/C20H18N4O4/c25-20(27-18-14-17(28-23-18)16-8-4-13-26-16)22-9-5-11-24-12-10-21-19(24)15-6-2-1-3-7-15/h1-4,6-8,10,12-14H,5,9,11H2,(H,22,25). The van der Waals surface area contributed by atoms with E-state index in [1.54, 1.807) is 18.3 Å². The quantitative estimate of drug-likeness (QED) is 0.489. The number of nitrogens with one attached hydrogen (secondary N) is 1. The Morgan fingerprint density at radius 2 is 2.04 bits per heavy atom. The van der Waals surface area contributed by atoms with E-state index in [1.807, 2.05) is 36.5 Å². The molecular weight excluding hydrogens is 360 g/mol. The number of ether oxygens (including phenoxy) is 1. The predicted molar refractivity (Wildman–Crippen MR) is 101 cm³/mol. The SMILES string of the molecule is O=C(NCCCn1ccnc1-c1ccccc1)Oc1cc(-c2ccco2)on1. The van der Waals surface area contributed by atoms with Crippen molar-refractivity contribution in [1.29, 1.82) is 0 Å². The molecule has 1 aromatic carbocycles. The van der Waals surface area contributed by atoms with Gasteiger partial charge in [-0.25, -0.2) is 9.78 Å². The van der Waals surface area contributed by atoms with Gasteiger partial charge >= 0.3 is 6.09 Å². The fraction of sp³-hybridized carbons (Fsp3) is 0.150. The van der Waals surface area contributed by atoms with Crippen LogP contribution in [-0.4, -0.2) is 27.3 Å². The van der Waals surface area contributed by atoms with E-state index in [9.17, 15) is 4.79 Å². The van der Waals surface area contributed by atoms with Gasteiger partial charge in [0.25, 0.3) is 5.88 Å². The van der Waals surface area contributed by atoms with Gasteiger partial charge in [-0.15, -0.1) is 0 Å². The van der Waals surface area contributed by atoms with Crippen LogP contribution in [0.4, 0.5) is 4.79 Å². The summed E-state index contributed by atoms with van der Waals surface area (Å²) in [6.45, 7) is 1.17. The Labute approximate surface area is 160 Å². The number of imidazole rings is 1. The number of hydrogen-bond donors (Lipinski definition) is 1. The van der Waals surface area contributed by atoms with Crippen molar-refractivity contribution in [3.8, 4) is 28.8 Å². The fourth-order valence-corrected chi connectivity index (χ4v) is 2.75. The molecule has 0 aliphatic heterocycles.